The number of allylic oxidation sites excluding steroid dienone is 1. The molecule has 0 spiro atoms. The van der Waals surface area contributed by atoms with Gasteiger partial charge in [-0.25, -0.2) is 0 Å². The molecule has 0 heterocycles. The van der Waals surface area contributed by atoms with Gasteiger partial charge in [-0.05, 0) is 6.92 Å². The molecule has 0 aliphatic carbocycles. The molecule has 0 radical (unpaired) electrons. The molecule has 0 aromatic heterocycles. The first-order valence-electron chi connectivity index (χ1n) is 2.82. The SMILES string of the molecule is CC=CC(CO)C(Br)(Br)Br. The Labute approximate surface area is 86.3 Å². The molecule has 4 heteroatoms. The van der Waals surface area contributed by atoms with Gasteiger partial charge < -0.3 is 5.11 Å². The fourth-order valence-electron chi connectivity index (χ4n) is 0.506. The Morgan fingerprint density at radius 3 is 2.10 bits per heavy atom. The van der Waals surface area contributed by atoms with E-state index in [0.29, 0.717) is 0 Å². The second-order valence-electron chi connectivity index (χ2n) is 1.86. The summed E-state index contributed by atoms with van der Waals surface area (Å²) in [7, 11) is 0. The Hall–Kier alpha value is 1.14. The first-order valence-corrected chi connectivity index (χ1v) is 5.20. The van der Waals surface area contributed by atoms with E-state index in [9.17, 15) is 0 Å². The van der Waals surface area contributed by atoms with E-state index >= 15 is 0 Å². The standard InChI is InChI=1S/C6H9Br3O/c1-2-3-5(4-10)6(7,8)9/h2-3,5,10H,4H2,1H3. The first-order chi connectivity index (χ1) is 4.52. The maximum Gasteiger partial charge on any atom is 0.143 e. The van der Waals surface area contributed by atoms with Crippen molar-refractivity contribution in [1.29, 1.82) is 0 Å². The lowest BCUT2D eigenvalue weighted by atomic mass is 10.2. The third-order valence-electron chi connectivity index (χ3n) is 1.04. The highest BCUT2D eigenvalue weighted by molar-refractivity contribution is 9.39. The summed E-state index contributed by atoms with van der Waals surface area (Å²) >= 11 is 9.98. The van der Waals surface area contributed by atoms with Gasteiger partial charge in [-0.3, -0.25) is 0 Å². The van der Waals surface area contributed by atoms with E-state index in [1.165, 1.54) is 0 Å². The van der Waals surface area contributed by atoms with Crippen LogP contribution in [0, 0.1) is 5.92 Å². The zero-order chi connectivity index (χ0) is 8.20. The van der Waals surface area contributed by atoms with Crippen LogP contribution in [0.4, 0.5) is 0 Å². The zero-order valence-electron chi connectivity index (χ0n) is 5.52. The Morgan fingerprint density at radius 2 is 2.00 bits per heavy atom. The average Bonchev–Trinajstić information content (AvgIpc) is 1.80. The van der Waals surface area contributed by atoms with E-state index in [1.807, 2.05) is 19.1 Å². The molecule has 1 N–H and O–H groups in total. The van der Waals surface area contributed by atoms with Gasteiger partial charge in [0.2, 0.25) is 0 Å². The fourth-order valence-corrected chi connectivity index (χ4v) is 1.40. The Bertz CT molecular complexity index is 117. The smallest absolute Gasteiger partial charge is 0.143 e. The Kier molecular flexibility index (Phi) is 5.47. The minimum absolute atomic E-state index is 0.0394. The van der Waals surface area contributed by atoms with E-state index in [2.05, 4.69) is 47.8 Å². The third kappa shape index (κ3) is 4.11. The lowest BCUT2D eigenvalue weighted by molar-refractivity contribution is 0.259. The molecule has 0 saturated carbocycles. The number of hydrogen-bond donors (Lipinski definition) is 1. The van der Waals surface area contributed by atoms with Crippen LogP contribution in [0.15, 0.2) is 12.2 Å². The summed E-state index contributed by atoms with van der Waals surface area (Å²) in [6.45, 7) is 2.02. The van der Waals surface area contributed by atoms with Gasteiger partial charge in [-0.1, -0.05) is 59.9 Å². The predicted octanol–water partition coefficient (Wildman–Crippen LogP) is 3.01. The minimum atomic E-state index is -0.381. The van der Waals surface area contributed by atoms with Gasteiger partial charge >= 0.3 is 0 Å². The van der Waals surface area contributed by atoms with E-state index in [-0.39, 0.29) is 14.7 Å². The number of alkyl halides is 3. The summed E-state index contributed by atoms with van der Waals surface area (Å²) in [4.78, 5) is 0. The molecule has 0 aromatic rings. The number of hydrogen-bond acceptors (Lipinski definition) is 1. The molecule has 0 rings (SSSR count). The van der Waals surface area contributed by atoms with Crippen LogP contribution in [0.5, 0.6) is 0 Å². The molecule has 1 unspecified atom stereocenters. The largest absolute Gasteiger partial charge is 0.396 e. The van der Waals surface area contributed by atoms with Gasteiger partial charge in [-0.15, -0.1) is 0 Å². The Balaban J connectivity index is 4.07. The van der Waals surface area contributed by atoms with E-state index in [1.54, 1.807) is 0 Å². The maximum absolute atomic E-state index is 8.85. The van der Waals surface area contributed by atoms with Gasteiger partial charge in [0, 0.05) is 5.92 Å². The van der Waals surface area contributed by atoms with E-state index in [4.69, 9.17) is 5.11 Å². The molecule has 1 nitrogen and oxygen atoms in total. The predicted molar refractivity (Wildman–Crippen MR) is 54.9 cm³/mol. The number of rotatable bonds is 2. The molecule has 0 bridgehead atoms. The van der Waals surface area contributed by atoms with E-state index in [0.717, 1.165) is 0 Å². The molecule has 60 valence electrons. The van der Waals surface area contributed by atoms with Crippen LogP contribution in [-0.4, -0.2) is 13.9 Å². The quantitative estimate of drug-likeness (QED) is 0.607. The van der Waals surface area contributed by atoms with Crippen molar-refractivity contribution in [2.75, 3.05) is 6.61 Å². The molecular formula is C6H9Br3O. The van der Waals surface area contributed by atoms with Crippen molar-refractivity contribution in [3.63, 3.8) is 0 Å². The van der Waals surface area contributed by atoms with Crippen LogP contribution < -0.4 is 0 Å². The summed E-state index contributed by atoms with van der Waals surface area (Å²) in [6, 6.07) is 0. The van der Waals surface area contributed by atoms with Crippen LogP contribution in [0.3, 0.4) is 0 Å². The van der Waals surface area contributed by atoms with Crippen LogP contribution in [-0.2, 0) is 0 Å². The molecular weight excluding hydrogens is 328 g/mol. The van der Waals surface area contributed by atoms with Crippen LogP contribution in [0.25, 0.3) is 0 Å². The van der Waals surface area contributed by atoms with Crippen LogP contribution in [0.1, 0.15) is 6.92 Å². The van der Waals surface area contributed by atoms with Gasteiger partial charge in [0.25, 0.3) is 0 Å². The first kappa shape index (κ1) is 11.1. The van der Waals surface area contributed by atoms with Gasteiger partial charge in [-0.2, -0.15) is 0 Å². The highest BCUT2D eigenvalue weighted by Crippen LogP contribution is 2.41. The fraction of sp³-hybridized carbons (Fsp3) is 0.667. The van der Waals surface area contributed by atoms with Crippen molar-refractivity contribution in [2.24, 2.45) is 5.92 Å². The maximum atomic E-state index is 8.85. The van der Waals surface area contributed by atoms with Crippen LogP contribution >= 0.6 is 47.8 Å². The van der Waals surface area contributed by atoms with E-state index < -0.39 is 0 Å². The molecule has 0 aliphatic heterocycles. The van der Waals surface area contributed by atoms with Gasteiger partial charge in [0.05, 0.1) is 6.61 Å². The zero-order valence-corrected chi connectivity index (χ0v) is 10.3. The van der Waals surface area contributed by atoms with Crippen molar-refractivity contribution in [3.8, 4) is 0 Å². The lowest BCUT2D eigenvalue weighted by Crippen LogP contribution is -2.18. The molecule has 10 heavy (non-hydrogen) atoms. The summed E-state index contributed by atoms with van der Waals surface area (Å²) in [5.74, 6) is 0.0394. The molecule has 0 amide bonds. The van der Waals surface area contributed by atoms with Crippen molar-refractivity contribution >= 4 is 47.8 Å². The average molecular weight is 337 g/mol. The molecule has 1 atom stereocenters. The number of aliphatic hydroxyl groups excluding tert-OH is 1. The summed E-state index contributed by atoms with van der Waals surface area (Å²) < 4.78 is -0.381. The third-order valence-corrected chi connectivity index (χ3v) is 2.81. The van der Waals surface area contributed by atoms with Gasteiger partial charge in [0.1, 0.15) is 2.14 Å². The highest BCUT2D eigenvalue weighted by atomic mass is 80.0. The summed E-state index contributed by atoms with van der Waals surface area (Å²) in [6.07, 6.45) is 3.82. The topological polar surface area (TPSA) is 20.2 Å². The Morgan fingerprint density at radius 1 is 1.50 bits per heavy atom. The van der Waals surface area contributed by atoms with Crippen molar-refractivity contribution in [2.45, 2.75) is 9.07 Å². The minimum Gasteiger partial charge on any atom is -0.396 e. The van der Waals surface area contributed by atoms with Crippen molar-refractivity contribution < 1.29 is 5.11 Å². The molecule has 0 aromatic carbocycles. The number of halogens is 3. The highest BCUT2D eigenvalue weighted by Gasteiger charge is 2.27. The summed E-state index contributed by atoms with van der Waals surface area (Å²) in [5, 5.41) is 8.85. The van der Waals surface area contributed by atoms with Crippen molar-refractivity contribution in [1.82, 2.24) is 0 Å². The molecule has 0 aliphatic rings. The monoisotopic (exact) mass is 334 g/mol. The summed E-state index contributed by atoms with van der Waals surface area (Å²) in [5.41, 5.74) is 0. The molecule has 0 saturated heterocycles. The van der Waals surface area contributed by atoms with Crippen molar-refractivity contribution in [3.05, 3.63) is 12.2 Å². The number of aliphatic hydroxyl groups is 1. The second kappa shape index (κ2) is 4.91. The normalized spacial score (nSPS) is 16.1. The van der Waals surface area contributed by atoms with Crippen LogP contribution in [0.2, 0.25) is 0 Å². The van der Waals surface area contributed by atoms with Gasteiger partial charge in [0.15, 0.2) is 0 Å². The second-order valence-corrected chi connectivity index (χ2v) is 8.80. The lowest BCUT2D eigenvalue weighted by Gasteiger charge is -2.19. The molecule has 0 fully saturated rings.